The smallest absolute Gasteiger partial charge is 0.255 e. The van der Waals surface area contributed by atoms with Gasteiger partial charge in [0.15, 0.2) is 0 Å². The maximum absolute atomic E-state index is 12.5. The van der Waals surface area contributed by atoms with Crippen LogP contribution in [0, 0.1) is 5.92 Å². The third-order valence-corrected chi connectivity index (χ3v) is 4.99. The predicted octanol–water partition coefficient (Wildman–Crippen LogP) is 1.54. The maximum Gasteiger partial charge on any atom is 0.255 e. The highest BCUT2D eigenvalue weighted by Gasteiger charge is 2.42. The Bertz CT molecular complexity index is 726. The summed E-state index contributed by atoms with van der Waals surface area (Å²) in [4.78, 5) is 29.5. The maximum atomic E-state index is 12.5. The number of piperidine rings is 1. The molecule has 4 heterocycles. The van der Waals surface area contributed by atoms with Gasteiger partial charge in [-0.2, -0.15) is 0 Å². The molecule has 2 aliphatic rings. The van der Waals surface area contributed by atoms with E-state index in [1.54, 1.807) is 30.8 Å². The minimum Gasteiger partial charge on any atom is -0.467 e. The number of fused-ring (bicyclic) bond motifs is 1. The molecule has 2 aromatic heterocycles. The van der Waals surface area contributed by atoms with Gasteiger partial charge in [-0.1, -0.05) is 0 Å². The summed E-state index contributed by atoms with van der Waals surface area (Å²) in [6.07, 6.45) is 6.07. The number of likely N-dealkylation sites (tertiary alicyclic amines) is 1. The summed E-state index contributed by atoms with van der Waals surface area (Å²) in [5, 5.41) is 2.85. The molecular formula is C18H21N3O4. The van der Waals surface area contributed by atoms with E-state index >= 15 is 0 Å². The minimum atomic E-state index is -0.452. The fourth-order valence-corrected chi connectivity index (χ4v) is 3.62. The van der Waals surface area contributed by atoms with Crippen molar-refractivity contribution in [3.8, 4) is 0 Å². The average Bonchev–Trinajstić information content (AvgIpc) is 3.39. The monoisotopic (exact) mass is 343 g/mol. The van der Waals surface area contributed by atoms with Crippen LogP contribution in [0.4, 0.5) is 0 Å². The van der Waals surface area contributed by atoms with Crippen LogP contribution < -0.4 is 5.32 Å². The lowest BCUT2D eigenvalue weighted by Crippen LogP contribution is -2.45. The van der Waals surface area contributed by atoms with E-state index in [1.165, 1.54) is 0 Å². The Morgan fingerprint density at radius 2 is 2.28 bits per heavy atom. The number of nitrogens with one attached hydrogen (secondary N) is 2. The van der Waals surface area contributed by atoms with E-state index < -0.39 is 6.10 Å². The van der Waals surface area contributed by atoms with E-state index in [0.717, 1.165) is 6.42 Å². The van der Waals surface area contributed by atoms with Crippen LogP contribution in [-0.2, 0) is 16.1 Å². The zero-order valence-corrected chi connectivity index (χ0v) is 13.8. The number of H-pyrrole nitrogens is 1. The molecule has 132 valence electrons. The van der Waals surface area contributed by atoms with Gasteiger partial charge in [-0.15, -0.1) is 0 Å². The van der Waals surface area contributed by atoms with Crippen molar-refractivity contribution >= 4 is 11.8 Å². The number of carbonyl (C=O) groups is 2. The topological polar surface area (TPSA) is 87.6 Å². The Hall–Kier alpha value is -2.54. The number of amides is 2. The summed E-state index contributed by atoms with van der Waals surface area (Å²) in [7, 11) is 0. The molecule has 25 heavy (non-hydrogen) atoms. The SMILES string of the molecule is O=C(NCc1ccco1)[C@@H]1C[C@@H]2CCN(C(=O)c3cc[nH]c3)C[C@H]2O1. The fourth-order valence-electron chi connectivity index (χ4n) is 3.62. The van der Waals surface area contributed by atoms with Crippen molar-refractivity contribution in [3.63, 3.8) is 0 Å². The van der Waals surface area contributed by atoms with Gasteiger partial charge in [-0.3, -0.25) is 9.59 Å². The number of furan rings is 1. The lowest BCUT2D eigenvalue weighted by molar-refractivity contribution is -0.132. The molecule has 0 saturated carbocycles. The van der Waals surface area contributed by atoms with Crippen molar-refractivity contribution in [1.29, 1.82) is 0 Å². The van der Waals surface area contributed by atoms with E-state index in [1.807, 2.05) is 11.0 Å². The van der Waals surface area contributed by atoms with Crippen LogP contribution in [0.5, 0.6) is 0 Å². The molecule has 7 heteroatoms. The molecule has 3 atom stereocenters. The van der Waals surface area contributed by atoms with Crippen molar-refractivity contribution in [2.24, 2.45) is 5.92 Å². The molecule has 2 aromatic rings. The van der Waals surface area contributed by atoms with Gasteiger partial charge in [0, 0.05) is 25.5 Å². The highest BCUT2D eigenvalue weighted by atomic mass is 16.5. The first kappa shape index (κ1) is 16.0. The van der Waals surface area contributed by atoms with Gasteiger partial charge >= 0.3 is 0 Å². The Morgan fingerprint density at radius 1 is 1.36 bits per heavy atom. The molecule has 2 aliphatic heterocycles. The van der Waals surface area contributed by atoms with Crippen molar-refractivity contribution in [1.82, 2.24) is 15.2 Å². The number of aromatic amines is 1. The summed E-state index contributed by atoms with van der Waals surface area (Å²) in [5.41, 5.74) is 0.657. The summed E-state index contributed by atoms with van der Waals surface area (Å²) in [5.74, 6) is 0.935. The predicted molar refractivity (Wildman–Crippen MR) is 88.6 cm³/mol. The van der Waals surface area contributed by atoms with Crippen LogP contribution in [0.25, 0.3) is 0 Å². The fraction of sp³-hybridized carbons (Fsp3) is 0.444. The van der Waals surface area contributed by atoms with Gasteiger partial charge < -0.3 is 24.4 Å². The number of nitrogens with zero attached hydrogens (tertiary/aromatic N) is 1. The molecule has 0 bridgehead atoms. The molecule has 7 nitrogen and oxygen atoms in total. The number of hydrogen-bond donors (Lipinski definition) is 2. The molecule has 0 radical (unpaired) electrons. The lowest BCUT2D eigenvalue weighted by atomic mass is 9.91. The standard InChI is InChI=1S/C18H21N3O4/c22-17(20-10-14-2-1-7-24-14)15-8-12-4-6-21(11-16(12)25-15)18(23)13-3-5-19-9-13/h1-3,5,7,9,12,15-16,19H,4,6,8,10-11H2,(H,20,22)/t12-,15-,16+/m0/s1. The second-order valence-electron chi connectivity index (χ2n) is 6.60. The number of hydrogen-bond acceptors (Lipinski definition) is 4. The van der Waals surface area contributed by atoms with Gasteiger partial charge in [-0.25, -0.2) is 0 Å². The van der Waals surface area contributed by atoms with Crippen molar-refractivity contribution in [3.05, 3.63) is 48.2 Å². The quantitative estimate of drug-likeness (QED) is 0.882. The zero-order chi connectivity index (χ0) is 17.2. The Kier molecular flexibility index (Phi) is 4.31. The molecule has 0 spiro atoms. The first-order valence-electron chi connectivity index (χ1n) is 8.58. The van der Waals surface area contributed by atoms with E-state index in [2.05, 4.69) is 10.3 Å². The minimum absolute atomic E-state index is 0.00835. The van der Waals surface area contributed by atoms with Crippen molar-refractivity contribution in [2.75, 3.05) is 13.1 Å². The summed E-state index contributed by atoms with van der Waals surface area (Å²) < 4.78 is 11.2. The average molecular weight is 343 g/mol. The van der Waals surface area contributed by atoms with Gasteiger partial charge in [0.25, 0.3) is 5.91 Å². The Balaban J connectivity index is 1.32. The molecule has 4 rings (SSSR count). The van der Waals surface area contributed by atoms with Crippen LogP contribution in [0.2, 0.25) is 0 Å². The van der Waals surface area contributed by atoms with Crippen LogP contribution in [0.15, 0.2) is 41.3 Å². The number of carbonyl (C=O) groups excluding carboxylic acids is 2. The normalized spacial score (nSPS) is 25.6. The van der Waals surface area contributed by atoms with Crippen molar-refractivity contribution < 1.29 is 18.7 Å². The lowest BCUT2D eigenvalue weighted by Gasteiger charge is -2.33. The van der Waals surface area contributed by atoms with Crippen molar-refractivity contribution in [2.45, 2.75) is 31.6 Å². The molecule has 2 saturated heterocycles. The summed E-state index contributed by atoms with van der Waals surface area (Å²) in [6.45, 7) is 1.60. The Morgan fingerprint density at radius 3 is 3.04 bits per heavy atom. The van der Waals surface area contributed by atoms with Gasteiger partial charge in [-0.05, 0) is 37.0 Å². The third-order valence-electron chi connectivity index (χ3n) is 4.99. The van der Waals surface area contributed by atoms with Gasteiger partial charge in [0.1, 0.15) is 11.9 Å². The first-order chi connectivity index (χ1) is 12.2. The highest BCUT2D eigenvalue weighted by molar-refractivity contribution is 5.94. The van der Waals surface area contributed by atoms with Crippen LogP contribution >= 0.6 is 0 Å². The van der Waals surface area contributed by atoms with E-state index in [4.69, 9.17) is 9.15 Å². The van der Waals surface area contributed by atoms with Crippen LogP contribution in [0.3, 0.4) is 0 Å². The van der Waals surface area contributed by atoms with E-state index in [0.29, 0.717) is 43.3 Å². The van der Waals surface area contributed by atoms with E-state index in [9.17, 15) is 9.59 Å². The molecule has 2 fully saturated rings. The molecule has 2 amide bonds. The first-order valence-corrected chi connectivity index (χ1v) is 8.58. The van der Waals surface area contributed by atoms with E-state index in [-0.39, 0.29) is 17.9 Å². The molecule has 0 unspecified atom stereocenters. The number of rotatable bonds is 4. The van der Waals surface area contributed by atoms with Crippen LogP contribution in [0.1, 0.15) is 29.0 Å². The third kappa shape index (κ3) is 3.32. The molecule has 0 aliphatic carbocycles. The molecule has 2 N–H and O–H groups in total. The summed E-state index contributed by atoms with van der Waals surface area (Å²) in [6, 6.07) is 5.38. The molecular weight excluding hydrogens is 322 g/mol. The Labute approximate surface area is 145 Å². The second-order valence-corrected chi connectivity index (χ2v) is 6.60. The largest absolute Gasteiger partial charge is 0.467 e. The highest BCUT2D eigenvalue weighted by Crippen LogP contribution is 2.33. The zero-order valence-electron chi connectivity index (χ0n) is 13.8. The number of ether oxygens (including phenoxy) is 1. The van der Waals surface area contributed by atoms with Crippen LogP contribution in [-0.4, -0.2) is 47.0 Å². The van der Waals surface area contributed by atoms with Gasteiger partial charge in [0.2, 0.25) is 5.91 Å². The second kappa shape index (κ2) is 6.76. The summed E-state index contributed by atoms with van der Waals surface area (Å²) >= 11 is 0. The molecule has 0 aromatic carbocycles. The van der Waals surface area contributed by atoms with Gasteiger partial charge in [0.05, 0.1) is 24.5 Å². The number of aromatic nitrogens is 1.